The van der Waals surface area contributed by atoms with Gasteiger partial charge in [0.25, 0.3) is 0 Å². The van der Waals surface area contributed by atoms with Crippen LogP contribution in [0.1, 0.15) is 59.7 Å². The number of amides is 2. The minimum absolute atomic E-state index is 0. The van der Waals surface area contributed by atoms with Crippen LogP contribution >= 0.6 is 23.2 Å². The van der Waals surface area contributed by atoms with Crippen LogP contribution in [0.5, 0.6) is 0 Å². The summed E-state index contributed by atoms with van der Waals surface area (Å²) in [5.41, 5.74) is 8.48. The number of halogens is 2. The van der Waals surface area contributed by atoms with Crippen LogP contribution in [0.15, 0.2) is 35.2 Å². The van der Waals surface area contributed by atoms with E-state index in [2.05, 4.69) is 16.0 Å². The van der Waals surface area contributed by atoms with Gasteiger partial charge in [0, 0.05) is 29.9 Å². The van der Waals surface area contributed by atoms with Crippen LogP contribution in [0.25, 0.3) is 0 Å². The minimum atomic E-state index is -5.18. The van der Waals surface area contributed by atoms with E-state index in [1.54, 1.807) is 32.9 Å². The van der Waals surface area contributed by atoms with Gasteiger partial charge >= 0.3 is 29.6 Å². The van der Waals surface area contributed by atoms with Crippen molar-refractivity contribution in [3.8, 4) is 0 Å². The van der Waals surface area contributed by atoms with E-state index in [9.17, 15) is 32.1 Å². The molecular formula is C29H27Cl2N4NaO7S. The molecule has 0 radical (unpaired) electrons. The van der Waals surface area contributed by atoms with E-state index in [-0.39, 0.29) is 76.8 Å². The number of carbonyl (C=O) groups is 4. The molecule has 15 heteroatoms. The summed E-state index contributed by atoms with van der Waals surface area (Å²) in [7, 11) is -5.18. The smallest absolute Gasteiger partial charge is 0.744 e. The van der Waals surface area contributed by atoms with Crippen molar-refractivity contribution in [3.63, 3.8) is 0 Å². The first-order chi connectivity index (χ1) is 20.2. The summed E-state index contributed by atoms with van der Waals surface area (Å²) in [6, 6.07) is 6.96. The molecule has 44 heavy (non-hydrogen) atoms. The van der Waals surface area contributed by atoms with Crippen LogP contribution in [0.2, 0.25) is 0 Å². The van der Waals surface area contributed by atoms with Crippen molar-refractivity contribution < 1.29 is 61.7 Å². The second-order valence-electron chi connectivity index (χ2n) is 9.90. The van der Waals surface area contributed by atoms with Gasteiger partial charge in [-0.3, -0.25) is 19.2 Å². The SMILES string of the molecule is Cc1c(CNC(=O)CCl)c(C)c(Nc2cc(S(=O)(=O)[O-])c(N)c3c2C(=O)c2ccccc2C3=O)c(C)c1CNC(=O)CCl.[Na+]. The van der Waals surface area contributed by atoms with E-state index in [1.165, 1.54) is 12.1 Å². The van der Waals surface area contributed by atoms with Crippen molar-refractivity contribution in [3.05, 3.63) is 80.4 Å². The zero-order valence-electron chi connectivity index (χ0n) is 24.3. The Morgan fingerprint density at radius 2 is 1.30 bits per heavy atom. The third-order valence-corrected chi connectivity index (χ3v) is 8.82. The van der Waals surface area contributed by atoms with Gasteiger partial charge in [-0.1, -0.05) is 24.3 Å². The second kappa shape index (κ2) is 14.0. The molecular weight excluding hydrogens is 642 g/mol. The van der Waals surface area contributed by atoms with Gasteiger partial charge in [-0.25, -0.2) is 8.42 Å². The molecule has 11 nitrogen and oxygen atoms in total. The van der Waals surface area contributed by atoms with E-state index in [0.717, 1.165) is 11.6 Å². The van der Waals surface area contributed by atoms with Crippen LogP contribution in [0, 0.1) is 20.8 Å². The van der Waals surface area contributed by atoms with Crippen molar-refractivity contribution in [2.75, 3.05) is 22.8 Å². The standard InChI is InChI=1S/C29H28Cl2N4O7S.Na/c1-13-18(11-33-22(36)9-30)14(2)27(15(3)19(13)12-34-23(37)10-31)35-20-8-21(43(40,41)42)26(32)25-24(20)28(38)16-6-4-5-7-17(16)29(25)39;/h4-8,35H,9-12,32H2,1-3H3,(H,33,36)(H,34,37)(H,40,41,42);/q;+1/p-1. The predicted octanol–water partition coefficient (Wildman–Crippen LogP) is 0.331. The summed E-state index contributed by atoms with van der Waals surface area (Å²) in [5.74, 6) is -2.69. The Hall–Kier alpha value is -2.97. The van der Waals surface area contributed by atoms with Gasteiger partial charge in [0.1, 0.15) is 21.9 Å². The van der Waals surface area contributed by atoms with Crippen molar-refractivity contribution in [1.82, 2.24) is 10.6 Å². The molecule has 4 rings (SSSR count). The van der Waals surface area contributed by atoms with Crippen molar-refractivity contribution in [1.29, 1.82) is 0 Å². The number of fused-ring (bicyclic) bond motifs is 2. The average molecular weight is 670 g/mol. The molecule has 0 aliphatic heterocycles. The van der Waals surface area contributed by atoms with Crippen molar-refractivity contribution >= 4 is 73.8 Å². The van der Waals surface area contributed by atoms with E-state index in [1.807, 2.05) is 0 Å². The molecule has 0 aromatic heterocycles. The number of benzene rings is 3. The maximum atomic E-state index is 13.8. The van der Waals surface area contributed by atoms with Gasteiger partial charge in [0.2, 0.25) is 11.8 Å². The Kier molecular flexibility index (Phi) is 11.3. The Morgan fingerprint density at radius 1 is 0.841 bits per heavy atom. The molecule has 3 aromatic rings. The third-order valence-electron chi connectivity index (χ3n) is 7.46. The van der Waals surface area contributed by atoms with Crippen LogP contribution in [0.4, 0.5) is 17.1 Å². The Bertz CT molecular complexity index is 1780. The molecule has 0 saturated heterocycles. The number of hydrogen-bond acceptors (Lipinski definition) is 9. The number of nitrogens with two attached hydrogens (primary N) is 1. The Morgan fingerprint density at radius 3 is 1.73 bits per heavy atom. The van der Waals surface area contributed by atoms with E-state index in [0.29, 0.717) is 27.9 Å². The summed E-state index contributed by atoms with van der Waals surface area (Å²) < 4.78 is 36.8. The second-order valence-corrected chi connectivity index (χ2v) is 11.8. The Labute approximate surface area is 286 Å². The normalized spacial score (nSPS) is 12.1. The first-order valence-electron chi connectivity index (χ1n) is 12.9. The van der Waals surface area contributed by atoms with Gasteiger partial charge < -0.3 is 26.2 Å². The topological polar surface area (TPSA) is 188 Å². The van der Waals surface area contributed by atoms with Gasteiger partial charge in [-0.15, -0.1) is 23.2 Å². The third kappa shape index (κ3) is 6.66. The molecule has 226 valence electrons. The molecule has 1 aliphatic carbocycles. The zero-order valence-corrected chi connectivity index (χ0v) is 28.6. The maximum Gasteiger partial charge on any atom is 1.00 e. The van der Waals surface area contributed by atoms with Gasteiger partial charge in [0.05, 0.1) is 27.4 Å². The molecule has 0 bridgehead atoms. The number of nitrogen functional groups attached to an aromatic ring is 1. The molecule has 5 N–H and O–H groups in total. The molecule has 2 amide bonds. The number of ketones is 2. The van der Waals surface area contributed by atoms with Gasteiger partial charge in [-0.2, -0.15) is 0 Å². The summed E-state index contributed by atoms with van der Waals surface area (Å²) >= 11 is 11.3. The number of anilines is 3. The predicted molar refractivity (Wildman–Crippen MR) is 161 cm³/mol. The van der Waals surface area contributed by atoms with Crippen molar-refractivity contribution in [2.24, 2.45) is 0 Å². The summed E-state index contributed by atoms with van der Waals surface area (Å²) in [6.07, 6.45) is 0. The first kappa shape index (κ1) is 35.5. The molecule has 1 aliphatic rings. The fourth-order valence-electron chi connectivity index (χ4n) is 5.25. The van der Waals surface area contributed by atoms with Crippen LogP contribution < -0.4 is 51.2 Å². The number of alkyl halides is 2. The average Bonchev–Trinajstić information content (AvgIpc) is 2.97. The summed E-state index contributed by atoms with van der Waals surface area (Å²) in [6.45, 7) is 5.39. The van der Waals surface area contributed by atoms with Crippen LogP contribution in [-0.4, -0.2) is 48.1 Å². The maximum absolute atomic E-state index is 13.8. The van der Waals surface area contributed by atoms with E-state index >= 15 is 0 Å². The molecule has 0 saturated carbocycles. The largest absolute Gasteiger partial charge is 1.00 e. The number of hydrogen-bond donors (Lipinski definition) is 4. The van der Waals surface area contributed by atoms with Gasteiger partial charge in [-0.05, 0) is 54.7 Å². The molecule has 0 atom stereocenters. The minimum Gasteiger partial charge on any atom is -0.744 e. The van der Waals surface area contributed by atoms with Crippen LogP contribution in [-0.2, 0) is 32.8 Å². The molecule has 0 fully saturated rings. The quantitative estimate of drug-likeness (QED) is 0.0843. The number of rotatable bonds is 9. The molecule has 0 spiro atoms. The zero-order chi connectivity index (χ0) is 31.8. The number of carbonyl (C=O) groups excluding carboxylic acids is 4. The fraction of sp³-hybridized carbons (Fsp3) is 0.241. The van der Waals surface area contributed by atoms with Crippen molar-refractivity contribution in [2.45, 2.75) is 38.8 Å². The monoisotopic (exact) mass is 668 g/mol. The van der Waals surface area contributed by atoms with E-state index < -0.39 is 49.6 Å². The summed E-state index contributed by atoms with van der Waals surface area (Å²) in [5, 5.41) is 8.51. The number of nitrogens with one attached hydrogen (secondary N) is 3. The summed E-state index contributed by atoms with van der Waals surface area (Å²) in [4.78, 5) is 50.4. The first-order valence-corrected chi connectivity index (χ1v) is 15.3. The Balaban J connectivity index is 0.00000529. The molecule has 3 aromatic carbocycles. The molecule has 0 heterocycles. The van der Waals surface area contributed by atoms with Crippen LogP contribution in [0.3, 0.4) is 0 Å². The van der Waals surface area contributed by atoms with Gasteiger partial charge in [0.15, 0.2) is 11.6 Å². The van der Waals surface area contributed by atoms with E-state index in [4.69, 9.17) is 28.9 Å². The molecule has 0 unspecified atom stereocenters. The fourth-order valence-corrected chi connectivity index (χ4v) is 6.07.